The van der Waals surface area contributed by atoms with Crippen LogP contribution < -0.4 is 58.2 Å². The molecule has 0 aliphatic rings. The van der Waals surface area contributed by atoms with E-state index in [-0.39, 0.29) is 58.2 Å². The summed E-state index contributed by atoms with van der Waals surface area (Å²) in [6.45, 7) is 0. The van der Waals surface area contributed by atoms with E-state index in [1.165, 1.54) is 0 Å². The molecule has 1 rings (SSSR count). The molecule has 0 spiro atoms. The van der Waals surface area contributed by atoms with E-state index in [0.717, 1.165) is 0 Å². The average molecular weight is 227 g/mol. The second kappa shape index (κ2) is 5.74. The van der Waals surface area contributed by atoms with Gasteiger partial charge in [-0.1, -0.05) is 18.2 Å². The molecule has 0 saturated heterocycles. The molecule has 2 nitrogen and oxygen atoms in total. The van der Waals surface area contributed by atoms with Gasteiger partial charge in [-0.3, -0.25) is 4.21 Å². The molecular formula is C6H5O2RbS. The zero-order valence-electron chi connectivity index (χ0n) is 5.61. The molecule has 0 aliphatic carbocycles. The minimum Gasteiger partial charge on any atom is -0.768 e. The Balaban J connectivity index is 0.000000810. The minimum absolute atomic E-state index is 0. The summed E-state index contributed by atoms with van der Waals surface area (Å²) in [6.07, 6.45) is 0. The first-order valence-corrected chi connectivity index (χ1v) is 3.52. The first kappa shape index (κ1) is 11.1. The van der Waals surface area contributed by atoms with Crippen LogP contribution in [0.1, 0.15) is 0 Å². The molecule has 0 radical (unpaired) electrons. The van der Waals surface area contributed by atoms with Gasteiger partial charge in [-0.2, -0.15) is 0 Å². The molecule has 0 heterocycles. The summed E-state index contributed by atoms with van der Waals surface area (Å²) in [5.74, 6) is 0. The molecule has 0 bridgehead atoms. The van der Waals surface area contributed by atoms with Crippen LogP contribution in [0.3, 0.4) is 0 Å². The number of rotatable bonds is 1. The molecule has 0 amide bonds. The Morgan fingerprint density at radius 1 is 1.20 bits per heavy atom. The van der Waals surface area contributed by atoms with E-state index < -0.39 is 11.1 Å². The predicted octanol–water partition coefficient (Wildman–Crippen LogP) is -2.07. The topological polar surface area (TPSA) is 40.1 Å². The molecule has 4 heteroatoms. The van der Waals surface area contributed by atoms with Crippen LogP contribution in [0.15, 0.2) is 35.2 Å². The maximum atomic E-state index is 10.2. The SMILES string of the molecule is O=S([O-])c1ccccc1.[Rb+]. The van der Waals surface area contributed by atoms with Gasteiger partial charge in [0.25, 0.3) is 0 Å². The summed E-state index contributed by atoms with van der Waals surface area (Å²) in [4.78, 5) is 0.331. The van der Waals surface area contributed by atoms with Gasteiger partial charge in [0, 0.05) is 4.90 Å². The molecule has 1 unspecified atom stereocenters. The van der Waals surface area contributed by atoms with Crippen LogP contribution in [0, 0.1) is 0 Å². The number of hydrogen-bond donors (Lipinski definition) is 0. The van der Waals surface area contributed by atoms with Gasteiger partial charge < -0.3 is 4.55 Å². The molecule has 10 heavy (non-hydrogen) atoms. The summed E-state index contributed by atoms with van der Waals surface area (Å²) < 4.78 is 20.4. The van der Waals surface area contributed by atoms with Gasteiger partial charge in [-0.05, 0) is 23.2 Å². The van der Waals surface area contributed by atoms with Crippen molar-refractivity contribution in [2.24, 2.45) is 0 Å². The van der Waals surface area contributed by atoms with Gasteiger partial charge in [0.05, 0.1) is 0 Å². The Bertz CT molecular complexity index is 212. The Morgan fingerprint density at radius 2 is 1.70 bits per heavy atom. The van der Waals surface area contributed by atoms with Gasteiger partial charge in [0.2, 0.25) is 0 Å². The summed E-state index contributed by atoms with van der Waals surface area (Å²) in [5.41, 5.74) is 0. The van der Waals surface area contributed by atoms with Crippen molar-refractivity contribution in [3.8, 4) is 0 Å². The Kier molecular flexibility index (Phi) is 6.40. The standard InChI is InChI=1S/C6H6O2S.Rb/c7-9(8)6-4-2-1-3-5-6;/h1-5H,(H,7,8);/q;+1/p-1. The van der Waals surface area contributed by atoms with Crippen molar-refractivity contribution in [3.63, 3.8) is 0 Å². The first-order valence-electron chi connectivity index (χ1n) is 2.45. The minimum atomic E-state index is -2.08. The molecule has 0 saturated carbocycles. The van der Waals surface area contributed by atoms with Gasteiger partial charge in [-0.25, -0.2) is 0 Å². The fourth-order valence-electron chi connectivity index (χ4n) is 0.532. The third-order valence-electron chi connectivity index (χ3n) is 0.936. The van der Waals surface area contributed by atoms with Crippen molar-refractivity contribution in [2.45, 2.75) is 4.90 Å². The van der Waals surface area contributed by atoms with Crippen LogP contribution in [-0.2, 0) is 11.1 Å². The van der Waals surface area contributed by atoms with Gasteiger partial charge >= 0.3 is 58.2 Å². The van der Waals surface area contributed by atoms with Crippen molar-refractivity contribution >= 4 is 11.1 Å². The molecule has 48 valence electrons. The molecule has 0 N–H and O–H groups in total. The Hall–Kier alpha value is 1.14. The second-order valence-electron chi connectivity index (χ2n) is 1.55. The van der Waals surface area contributed by atoms with Gasteiger partial charge in [0.1, 0.15) is 0 Å². The van der Waals surface area contributed by atoms with Crippen molar-refractivity contribution in [2.75, 3.05) is 0 Å². The van der Waals surface area contributed by atoms with E-state index in [2.05, 4.69) is 0 Å². The third kappa shape index (κ3) is 3.50. The second-order valence-corrected chi connectivity index (χ2v) is 2.49. The van der Waals surface area contributed by atoms with Crippen LogP contribution in [0.5, 0.6) is 0 Å². The molecule has 1 aromatic rings. The molecular weight excluding hydrogens is 222 g/mol. The van der Waals surface area contributed by atoms with E-state index >= 15 is 0 Å². The molecule has 0 fully saturated rings. The molecule has 0 aromatic heterocycles. The van der Waals surface area contributed by atoms with Crippen molar-refractivity contribution < 1.29 is 66.9 Å². The third-order valence-corrected chi connectivity index (χ3v) is 1.59. The van der Waals surface area contributed by atoms with E-state index in [4.69, 9.17) is 0 Å². The number of hydrogen-bond acceptors (Lipinski definition) is 2. The fourth-order valence-corrected chi connectivity index (χ4v) is 0.911. The summed E-state index contributed by atoms with van der Waals surface area (Å²) in [6, 6.07) is 8.23. The molecule has 1 aromatic carbocycles. The summed E-state index contributed by atoms with van der Waals surface area (Å²) >= 11 is -2.08. The predicted molar refractivity (Wildman–Crippen MR) is 33.6 cm³/mol. The first-order chi connectivity index (χ1) is 4.30. The van der Waals surface area contributed by atoms with Crippen LogP contribution >= 0.6 is 0 Å². The summed E-state index contributed by atoms with van der Waals surface area (Å²) in [5, 5.41) is 0. The zero-order chi connectivity index (χ0) is 6.69. The Morgan fingerprint density at radius 3 is 2.00 bits per heavy atom. The van der Waals surface area contributed by atoms with Crippen LogP contribution in [-0.4, -0.2) is 8.76 Å². The monoisotopic (exact) mass is 226 g/mol. The Labute approximate surface area is 111 Å². The smallest absolute Gasteiger partial charge is 0.768 e. The molecule has 1 atom stereocenters. The quantitative estimate of drug-likeness (QED) is 0.516. The van der Waals surface area contributed by atoms with Gasteiger partial charge in [-0.15, -0.1) is 0 Å². The van der Waals surface area contributed by atoms with E-state index in [0.29, 0.717) is 4.90 Å². The largest absolute Gasteiger partial charge is 1.00 e. The maximum absolute atomic E-state index is 10.2. The van der Waals surface area contributed by atoms with Crippen molar-refractivity contribution in [1.82, 2.24) is 0 Å². The van der Waals surface area contributed by atoms with Gasteiger partial charge in [0.15, 0.2) is 0 Å². The van der Waals surface area contributed by atoms with E-state index in [9.17, 15) is 8.76 Å². The summed E-state index contributed by atoms with van der Waals surface area (Å²) in [7, 11) is 0. The van der Waals surface area contributed by atoms with Crippen LogP contribution in [0.25, 0.3) is 0 Å². The van der Waals surface area contributed by atoms with Crippen LogP contribution in [0.4, 0.5) is 0 Å². The number of benzene rings is 1. The van der Waals surface area contributed by atoms with E-state index in [1.54, 1.807) is 30.3 Å². The van der Waals surface area contributed by atoms with Crippen molar-refractivity contribution in [3.05, 3.63) is 30.3 Å². The average Bonchev–Trinajstić information content (AvgIpc) is 1.90. The maximum Gasteiger partial charge on any atom is 1.00 e. The molecule has 0 aliphatic heterocycles. The fraction of sp³-hybridized carbons (Fsp3) is 0. The zero-order valence-corrected chi connectivity index (χ0v) is 11.3. The van der Waals surface area contributed by atoms with Crippen LogP contribution in [0.2, 0.25) is 0 Å². The van der Waals surface area contributed by atoms with E-state index in [1.807, 2.05) is 0 Å². The normalized spacial score (nSPS) is 11.7. The van der Waals surface area contributed by atoms with Crippen molar-refractivity contribution in [1.29, 1.82) is 0 Å².